The number of ether oxygens (including phenoxy) is 1. The molecule has 0 bridgehead atoms. The quantitative estimate of drug-likeness (QED) is 0.512. The molecule has 2 aliphatic rings. The van der Waals surface area contributed by atoms with Crippen LogP contribution in [-0.2, 0) is 10.0 Å². The standard InChI is InChI=1S/C23H25FN4O4S2/c24-17-5-3-6-18(15-17)28-23(29)22(32-19-7-1-2-8-19)20(16-25-28)26-10-12-27(13-11-26)34(30,31)21-9-4-14-33-21/h3-6,9,14-16,19H,1-2,7-8,10-13H2. The van der Waals surface area contributed by atoms with Crippen molar-refractivity contribution in [3.63, 3.8) is 0 Å². The molecule has 1 aliphatic heterocycles. The minimum atomic E-state index is -3.53. The maximum Gasteiger partial charge on any atom is 0.316 e. The summed E-state index contributed by atoms with van der Waals surface area (Å²) in [7, 11) is -3.53. The van der Waals surface area contributed by atoms with E-state index in [0.717, 1.165) is 30.4 Å². The molecule has 1 saturated carbocycles. The summed E-state index contributed by atoms with van der Waals surface area (Å²) in [6.07, 6.45) is 5.32. The Balaban J connectivity index is 1.44. The number of hydrogen-bond donors (Lipinski definition) is 0. The average molecular weight is 505 g/mol. The van der Waals surface area contributed by atoms with Crippen molar-refractivity contribution >= 4 is 27.0 Å². The van der Waals surface area contributed by atoms with Gasteiger partial charge < -0.3 is 9.64 Å². The van der Waals surface area contributed by atoms with Crippen LogP contribution in [-0.4, -0.2) is 54.8 Å². The zero-order valence-corrected chi connectivity index (χ0v) is 20.1. The van der Waals surface area contributed by atoms with E-state index in [1.165, 1.54) is 33.8 Å². The first kappa shape index (κ1) is 23.0. The molecule has 2 fully saturated rings. The first-order valence-corrected chi connectivity index (χ1v) is 13.6. The Kier molecular flexibility index (Phi) is 6.41. The number of anilines is 1. The van der Waals surface area contributed by atoms with Crippen molar-refractivity contribution in [2.24, 2.45) is 0 Å². The third-order valence-corrected chi connectivity index (χ3v) is 9.49. The van der Waals surface area contributed by atoms with Crippen LogP contribution < -0.4 is 15.2 Å². The fraction of sp³-hybridized carbons (Fsp3) is 0.391. The van der Waals surface area contributed by atoms with Crippen LogP contribution in [0, 0.1) is 5.82 Å². The van der Waals surface area contributed by atoms with Gasteiger partial charge in [0.05, 0.1) is 18.0 Å². The molecule has 0 unspecified atom stereocenters. The molecule has 1 aliphatic carbocycles. The second-order valence-electron chi connectivity index (χ2n) is 8.40. The molecule has 180 valence electrons. The van der Waals surface area contributed by atoms with Crippen LogP contribution in [0.4, 0.5) is 10.1 Å². The van der Waals surface area contributed by atoms with Gasteiger partial charge in [0, 0.05) is 26.2 Å². The molecule has 8 nitrogen and oxygen atoms in total. The van der Waals surface area contributed by atoms with Gasteiger partial charge >= 0.3 is 5.56 Å². The van der Waals surface area contributed by atoms with Crippen molar-refractivity contribution in [1.29, 1.82) is 0 Å². The number of thiophene rings is 1. The summed E-state index contributed by atoms with van der Waals surface area (Å²) in [6, 6.07) is 9.03. The van der Waals surface area contributed by atoms with E-state index < -0.39 is 21.4 Å². The van der Waals surface area contributed by atoms with Gasteiger partial charge in [-0.2, -0.15) is 14.1 Å². The average Bonchev–Trinajstić information content (AvgIpc) is 3.55. The van der Waals surface area contributed by atoms with Gasteiger partial charge in [-0.1, -0.05) is 12.1 Å². The van der Waals surface area contributed by atoms with Crippen LogP contribution in [0.3, 0.4) is 0 Å². The van der Waals surface area contributed by atoms with Crippen LogP contribution in [0.15, 0.2) is 57.0 Å². The van der Waals surface area contributed by atoms with Crippen LogP contribution in [0.5, 0.6) is 5.75 Å². The van der Waals surface area contributed by atoms with Gasteiger partial charge in [0.15, 0.2) is 0 Å². The van der Waals surface area contributed by atoms with E-state index in [-0.39, 0.29) is 24.9 Å². The summed E-state index contributed by atoms with van der Waals surface area (Å²) in [4.78, 5) is 15.4. The third kappa shape index (κ3) is 4.47. The predicted molar refractivity (Wildman–Crippen MR) is 128 cm³/mol. The van der Waals surface area contributed by atoms with E-state index in [1.807, 2.05) is 4.90 Å². The number of nitrogens with zero attached hydrogens (tertiary/aromatic N) is 4. The fourth-order valence-electron chi connectivity index (χ4n) is 4.44. The lowest BCUT2D eigenvalue weighted by molar-refractivity contribution is 0.205. The van der Waals surface area contributed by atoms with Crippen molar-refractivity contribution in [2.45, 2.75) is 36.0 Å². The van der Waals surface area contributed by atoms with Gasteiger partial charge in [0.2, 0.25) is 5.75 Å². The molecule has 1 aromatic carbocycles. The summed E-state index contributed by atoms with van der Waals surface area (Å²) in [5.41, 5.74) is 0.404. The highest BCUT2D eigenvalue weighted by Gasteiger charge is 2.31. The van der Waals surface area contributed by atoms with Gasteiger partial charge in [-0.25, -0.2) is 12.8 Å². The van der Waals surface area contributed by atoms with Crippen molar-refractivity contribution in [3.8, 4) is 11.4 Å². The van der Waals surface area contributed by atoms with Crippen molar-refractivity contribution in [1.82, 2.24) is 14.1 Å². The van der Waals surface area contributed by atoms with E-state index in [1.54, 1.807) is 29.8 Å². The molecule has 0 N–H and O–H groups in total. The largest absolute Gasteiger partial charge is 0.483 e. The van der Waals surface area contributed by atoms with E-state index in [4.69, 9.17) is 4.74 Å². The summed E-state index contributed by atoms with van der Waals surface area (Å²) in [5.74, 6) is -0.280. The number of halogens is 1. The van der Waals surface area contributed by atoms with Crippen molar-refractivity contribution in [3.05, 3.63) is 64.1 Å². The highest BCUT2D eigenvalue weighted by Crippen LogP contribution is 2.31. The highest BCUT2D eigenvalue weighted by atomic mass is 32.2. The van der Waals surface area contributed by atoms with Gasteiger partial charge in [-0.15, -0.1) is 11.3 Å². The van der Waals surface area contributed by atoms with E-state index in [0.29, 0.717) is 28.7 Å². The van der Waals surface area contributed by atoms with Gasteiger partial charge in [-0.05, 0) is 55.3 Å². The number of hydrogen-bond acceptors (Lipinski definition) is 7. The Bertz CT molecular complexity index is 1310. The normalized spacial score (nSPS) is 17.9. The lowest BCUT2D eigenvalue weighted by Crippen LogP contribution is -2.49. The Hall–Kier alpha value is -2.76. The Morgan fingerprint density at radius 2 is 1.82 bits per heavy atom. The molecular formula is C23H25FN4O4S2. The molecule has 11 heteroatoms. The highest BCUT2D eigenvalue weighted by molar-refractivity contribution is 7.91. The van der Waals surface area contributed by atoms with Crippen molar-refractivity contribution in [2.75, 3.05) is 31.1 Å². The smallest absolute Gasteiger partial charge is 0.316 e. The molecule has 0 amide bonds. The molecule has 3 heterocycles. The maximum atomic E-state index is 13.8. The summed E-state index contributed by atoms with van der Waals surface area (Å²) in [6.45, 7) is 1.37. The molecule has 34 heavy (non-hydrogen) atoms. The van der Waals surface area contributed by atoms with Crippen LogP contribution in [0.25, 0.3) is 5.69 Å². The minimum absolute atomic E-state index is 0.0599. The SMILES string of the molecule is O=c1c(OC2CCCC2)c(N2CCN(S(=O)(=O)c3cccs3)CC2)cnn1-c1cccc(F)c1. The number of piperazine rings is 1. The van der Waals surface area contributed by atoms with Crippen LogP contribution in [0.2, 0.25) is 0 Å². The topological polar surface area (TPSA) is 84.7 Å². The second-order valence-corrected chi connectivity index (χ2v) is 11.5. The molecule has 0 atom stereocenters. The molecule has 5 rings (SSSR count). The summed E-state index contributed by atoms with van der Waals surface area (Å²) in [5, 5.41) is 6.04. The first-order chi connectivity index (χ1) is 16.4. The summed E-state index contributed by atoms with van der Waals surface area (Å²) >= 11 is 1.20. The monoisotopic (exact) mass is 504 g/mol. The maximum absolute atomic E-state index is 13.8. The first-order valence-electron chi connectivity index (χ1n) is 11.3. The Labute approximate surface area is 201 Å². The van der Waals surface area contributed by atoms with E-state index >= 15 is 0 Å². The molecule has 3 aromatic rings. The van der Waals surface area contributed by atoms with E-state index in [9.17, 15) is 17.6 Å². The predicted octanol–water partition coefficient (Wildman–Crippen LogP) is 3.27. The third-order valence-electron chi connectivity index (χ3n) is 6.22. The van der Waals surface area contributed by atoms with Crippen LogP contribution >= 0.6 is 11.3 Å². The number of sulfonamides is 1. The van der Waals surface area contributed by atoms with Gasteiger partial charge in [0.25, 0.3) is 10.0 Å². The lowest BCUT2D eigenvalue weighted by Gasteiger charge is -2.35. The fourth-order valence-corrected chi connectivity index (χ4v) is 7.00. The number of rotatable bonds is 6. The van der Waals surface area contributed by atoms with Crippen molar-refractivity contribution < 1.29 is 17.5 Å². The zero-order chi connectivity index (χ0) is 23.7. The molecule has 1 saturated heterocycles. The molecule has 0 radical (unpaired) electrons. The molecular weight excluding hydrogens is 479 g/mol. The zero-order valence-electron chi connectivity index (χ0n) is 18.5. The second kappa shape index (κ2) is 9.47. The molecule has 0 spiro atoms. The van der Waals surface area contributed by atoms with Gasteiger partial charge in [-0.3, -0.25) is 4.79 Å². The molecule has 2 aromatic heterocycles. The lowest BCUT2D eigenvalue weighted by atomic mass is 10.2. The summed E-state index contributed by atoms with van der Waals surface area (Å²) < 4.78 is 48.7. The number of benzene rings is 1. The number of aromatic nitrogens is 2. The minimum Gasteiger partial charge on any atom is -0.483 e. The van der Waals surface area contributed by atoms with Gasteiger partial charge in [0.1, 0.15) is 15.7 Å². The van der Waals surface area contributed by atoms with E-state index in [2.05, 4.69) is 5.10 Å². The Morgan fingerprint density at radius 3 is 2.50 bits per heavy atom. The Morgan fingerprint density at radius 1 is 1.06 bits per heavy atom. The van der Waals surface area contributed by atoms with Crippen LogP contribution in [0.1, 0.15) is 25.7 Å².